The van der Waals surface area contributed by atoms with Crippen LogP contribution in [0, 0.1) is 18.8 Å². The summed E-state index contributed by atoms with van der Waals surface area (Å²) in [6, 6.07) is 0. The van der Waals surface area contributed by atoms with Crippen LogP contribution in [0.5, 0.6) is 0 Å². The van der Waals surface area contributed by atoms with E-state index in [0.717, 1.165) is 0 Å². The van der Waals surface area contributed by atoms with Crippen molar-refractivity contribution in [3.63, 3.8) is 0 Å². The van der Waals surface area contributed by atoms with E-state index in [1.54, 1.807) is 12.4 Å². The Balaban J connectivity index is 2.55. The van der Waals surface area contributed by atoms with Crippen LogP contribution in [0.25, 0.3) is 0 Å². The lowest BCUT2D eigenvalue weighted by molar-refractivity contribution is -0.142. The molecular weight excluding hydrogens is 252 g/mol. The second kappa shape index (κ2) is 6.49. The average Bonchev–Trinajstić information content (AvgIpc) is 2.69. The number of carbonyl (C=O) groups is 2. The lowest BCUT2D eigenvalue weighted by Crippen LogP contribution is -2.33. The Labute approximate surface area is 110 Å². The fourth-order valence-corrected chi connectivity index (χ4v) is 2.38. The van der Waals surface area contributed by atoms with Crippen molar-refractivity contribution in [2.45, 2.75) is 27.2 Å². The summed E-state index contributed by atoms with van der Waals surface area (Å²) in [7, 11) is 0. The molecule has 100 valence electrons. The molecule has 0 spiro atoms. The van der Waals surface area contributed by atoms with Crippen LogP contribution in [0.2, 0.25) is 0 Å². The zero-order chi connectivity index (χ0) is 13.7. The molecule has 0 fully saturated rings. The number of aromatic nitrogens is 1. The van der Waals surface area contributed by atoms with E-state index in [4.69, 9.17) is 5.11 Å². The minimum absolute atomic E-state index is 0.156. The summed E-state index contributed by atoms with van der Waals surface area (Å²) in [6.45, 7) is 5.84. The Morgan fingerprint density at radius 3 is 2.61 bits per heavy atom. The molecule has 1 rings (SSSR count). The highest BCUT2D eigenvalue weighted by Crippen LogP contribution is 2.14. The normalized spacial score (nSPS) is 12.4. The van der Waals surface area contributed by atoms with Gasteiger partial charge in [-0.15, -0.1) is 11.3 Å². The van der Waals surface area contributed by atoms with Crippen molar-refractivity contribution in [2.75, 3.05) is 6.54 Å². The number of nitrogens with zero attached hydrogens (tertiary/aromatic N) is 1. The van der Waals surface area contributed by atoms with Crippen molar-refractivity contribution in [1.82, 2.24) is 10.3 Å². The SMILES string of the molecule is Cc1ncsc1C(=O)NCC(CC(C)C)C(=O)O. The van der Waals surface area contributed by atoms with E-state index < -0.39 is 11.9 Å². The summed E-state index contributed by atoms with van der Waals surface area (Å²) < 4.78 is 0. The molecule has 1 unspecified atom stereocenters. The van der Waals surface area contributed by atoms with Crippen molar-refractivity contribution in [3.8, 4) is 0 Å². The molecule has 1 aromatic rings. The number of rotatable bonds is 6. The Kier molecular flexibility index (Phi) is 5.27. The monoisotopic (exact) mass is 270 g/mol. The highest BCUT2D eigenvalue weighted by molar-refractivity contribution is 7.11. The van der Waals surface area contributed by atoms with Crippen LogP contribution >= 0.6 is 11.3 Å². The standard InChI is InChI=1S/C12H18N2O3S/c1-7(2)4-9(12(16)17)5-13-11(15)10-8(3)14-6-18-10/h6-7,9H,4-5H2,1-3H3,(H,13,15)(H,16,17). The lowest BCUT2D eigenvalue weighted by Gasteiger charge is -2.15. The topological polar surface area (TPSA) is 79.3 Å². The van der Waals surface area contributed by atoms with Gasteiger partial charge in [-0.05, 0) is 19.3 Å². The van der Waals surface area contributed by atoms with Crippen molar-refractivity contribution in [3.05, 3.63) is 16.1 Å². The summed E-state index contributed by atoms with van der Waals surface area (Å²) >= 11 is 1.26. The molecule has 0 aliphatic heterocycles. The number of carboxylic acids is 1. The van der Waals surface area contributed by atoms with Gasteiger partial charge in [0.25, 0.3) is 5.91 Å². The molecule has 1 amide bonds. The van der Waals surface area contributed by atoms with E-state index in [0.29, 0.717) is 17.0 Å². The van der Waals surface area contributed by atoms with E-state index >= 15 is 0 Å². The van der Waals surface area contributed by atoms with Crippen LogP contribution < -0.4 is 5.32 Å². The van der Waals surface area contributed by atoms with Crippen molar-refractivity contribution in [1.29, 1.82) is 0 Å². The highest BCUT2D eigenvalue weighted by atomic mass is 32.1. The molecule has 1 atom stereocenters. The van der Waals surface area contributed by atoms with Crippen LogP contribution in [-0.2, 0) is 4.79 Å². The number of nitrogens with one attached hydrogen (secondary N) is 1. The zero-order valence-electron chi connectivity index (χ0n) is 10.8. The summed E-state index contributed by atoms with van der Waals surface area (Å²) in [5.74, 6) is -1.37. The van der Waals surface area contributed by atoms with Crippen molar-refractivity contribution >= 4 is 23.2 Å². The number of amides is 1. The maximum atomic E-state index is 11.8. The molecular formula is C12H18N2O3S. The van der Waals surface area contributed by atoms with E-state index in [1.807, 2.05) is 13.8 Å². The zero-order valence-corrected chi connectivity index (χ0v) is 11.6. The van der Waals surface area contributed by atoms with Crippen molar-refractivity contribution in [2.24, 2.45) is 11.8 Å². The largest absolute Gasteiger partial charge is 0.481 e. The third-order valence-electron chi connectivity index (χ3n) is 2.57. The molecule has 5 nitrogen and oxygen atoms in total. The van der Waals surface area contributed by atoms with Gasteiger partial charge >= 0.3 is 5.97 Å². The number of aliphatic carboxylic acids is 1. The molecule has 0 aliphatic rings. The summed E-state index contributed by atoms with van der Waals surface area (Å²) in [5.41, 5.74) is 2.28. The Morgan fingerprint density at radius 2 is 2.17 bits per heavy atom. The first-order valence-corrected chi connectivity index (χ1v) is 6.70. The first-order valence-electron chi connectivity index (χ1n) is 5.83. The lowest BCUT2D eigenvalue weighted by atomic mass is 9.97. The van der Waals surface area contributed by atoms with Crippen LogP contribution in [-0.4, -0.2) is 28.5 Å². The minimum Gasteiger partial charge on any atom is -0.481 e. The number of thiazole rings is 1. The highest BCUT2D eigenvalue weighted by Gasteiger charge is 2.20. The van der Waals surface area contributed by atoms with E-state index in [2.05, 4.69) is 10.3 Å². The summed E-state index contributed by atoms with van der Waals surface area (Å²) in [6.07, 6.45) is 0.553. The molecule has 6 heteroatoms. The van der Waals surface area contributed by atoms with E-state index in [1.165, 1.54) is 11.3 Å². The molecule has 1 heterocycles. The van der Waals surface area contributed by atoms with Gasteiger partial charge in [0.05, 0.1) is 17.1 Å². The molecule has 18 heavy (non-hydrogen) atoms. The fourth-order valence-electron chi connectivity index (χ4n) is 1.66. The van der Waals surface area contributed by atoms with Gasteiger partial charge in [0.2, 0.25) is 0 Å². The van der Waals surface area contributed by atoms with Gasteiger partial charge in [-0.3, -0.25) is 9.59 Å². The molecule has 0 radical (unpaired) electrons. The quantitative estimate of drug-likeness (QED) is 0.827. The molecule has 0 saturated heterocycles. The predicted molar refractivity (Wildman–Crippen MR) is 69.8 cm³/mol. The number of hydrogen-bond donors (Lipinski definition) is 2. The summed E-state index contributed by atoms with van der Waals surface area (Å²) in [4.78, 5) is 27.4. The van der Waals surface area contributed by atoms with Gasteiger partial charge in [0.1, 0.15) is 4.88 Å². The second-order valence-electron chi connectivity index (χ2n) is 4.64. The van der Waals surface area contributed by atoms with Crippen LogP contribution in [0.15, 0.2) is 5.51 Å². The first-order chi connectivity index (χ1) is 8.41. The number of carbonyl (C=O) groups excluding carboxylic acids is 1. The smallest absolute Gasteiger partial charge is 0.308 e. The van der Waals surface area contributed by atoms with E-state index in [9.17, 15) is 9.59 Å². The van der Waals surface area contributed by atoms with Gasteiger partial charge in [-0.1, -0.05) is 13.8 Å². The number of carboxylic acid groups (broad SMARTS) is 1. The molecule has 0 aliphatic carbocycles. The molecule has 0 saturated carbocycles. The fraction of sp³-hybridized carbons (Fsp3) is 0.583. The minimum atomic E-state index is -0.870. The predicted octanol–water partition coefficient (Wildman–Crippen LogP) is 1.93. The van der Waals surface area contributed by atoms with Crippen LogP contribution in [0.4, 0.5) is 0 Å². The first kappa shape index (κ1) is 14.6. The second-order valence-corrected chi connectivity index (χ2v) is 5.50. The Hall–Kier alpha value is -1.43. The third kappa shape index (κ3) is 4.10. The van der Waals surface area contributed by atoms with Crippen LogP contribution in [0.3, 0.4) is 0 Å². The van der Waals surface area contributed by atoms with Gasteiger partial charge in [0.15, 0.2) is 0 Å². The molecule has 0 bridgehead atoms. The van der Waals surface area contributed by atoms with Crippen LogP contribution in [0.1, 0.15) is 35.6 Å². The van der Waals surface area contributed by atoms with Gasteiger partial charge in [0, 0.05) is 6.54 Å². The third-order valence-corrected chi connectivity index (χ3v) is 3.49. The van der Waals surface area contributed by atoms with Gasteiger partial charge in [-0.25, -0.2) is 4.98 Å². The molecule has 2 N–H and O–H groups in total. The maximum Gasteiger partial charge on any atom is 0.308 e. The van der Waals surface area contributed by atoms with Gasteiger partial charge < -0.3 is 10.4 Å². The Bertz CT molecular complexity index is 429. The maximum absolute atomic E-state index is 11.8. The van der Waals surface area contributed by atoms with Gasteiger partial charge in [-0.2, -0.15) is 0 Å². The van der Waals surface area contributed by atoms with E-state index in [-0.39, 0.29) is 18.4 Å². The molecule has 0 aromatic carbocycles. The summed E-state index contributed by atoms with van der Waals surface area (Å²) in [5, 5.41) is 11.7. The Morgan fingerprint density at radius 1 is 1.50 bits per heavy atom. The van der Waals surface area contributed by atoms with Crippen molar-refractivity contribution < 1.29 is 14.7 Å². The number of aryl methyl sites for hydroxylation is 1. The average molecular weight is 270 g/mol. The molecule has 1 aromatic heterocycles. The number of hydrogen-bond acceptors (Lipinski definition) is 4.